The molecule has 0 bridgehead atoms. The van der Waals surface area contributed by atoms with E-state index in [0.717, 1.165) is 17.5 Å². The van der Waals surface area contributed by atoms with Crippen LogP contribution in [-0.2, 0) is 33.9 Å². The molecule has 10 heteroatoms. The van der Waals surface area contributed by atoms with Crippen molar-refractivity contribution in [2.24, 2.45) is 17.8 Å². The fraction of sp³-hybridized carbons (Fsp3) is 0.393. The van der Waals surface area contributed by atoms with Gasteiger partial charge in [-0.3, -0.25) is 25.0 Å². The predicted molar refractivity (Wildman–Crippen MR) is 141 cm³/mol. The van der Waals surface area contributed by atoms with Crippen LogP contribution in [0.1, 0.15) is 44.2 Å². The summed E-state index contributed by atoms with van der Waals surface area (Å²) in [6.07, 6.45) is 5.24. The minimum absolute atomic E-state index is 0.0993. The molecule has 1 heterocycles. The molecule has 0 aliphatic heterocycles. The highest BCUT2D eigenvalue weighted by Crippen LogP contribution is 2.27. The summed E-state index contributed by atoms with van der Waals surface area (Å²) in [7, 11) is 0. The van der Waals surface area contributed by atoms with Crippen LogP contribution < -0.4 is 10.9 Å². The Morgan fingerprint density at radius 2 is 1.61 bits per heavy atom. The Balaban J connectivity index is 1.79. The van der Waals surface area contributed by atoms with Crippen LogP contribution in [0.25, 0.3) is 0 Å². The number of hydrazine groups is 1. The van der Waals surface area contributed by atoms with Gasteiger partial charge in [-0.1, -0.05) is 79.7 Å². The topological polar surface area (TPSA) is 129 Å². The summed E-state index contributed by atoms with van der Waals surface area (Å²) in [5.74, 6) is -2.87. The van der Waals surface area contributed by atoms with E-state index in [4.69, 9.17) is 0 Å². The number of aromatic nitrogens is 3. The SMILES string of the molecule is CC(C)C[C@@H](C(=O)NN(Cc1ccccc1)C(=O)Cn1ccnn1)[C@H](CCCc1ccccc1)C(=O)NO. The Labute approximate surface area is 223 Å². The van der Waals surface area contributed by atoms with Crippen molar-refractivity contribution in [3.05, 3.63) is 84.2 Å². The van der Waals surface area contributed by atoms with E-state index in [1.54, 1.807) is 11.7 Å². The van der Waals surface area contributed by atoms with E-state index in [2.05, 4.69) is 15.7 Å². The maximum atomic E-state index is 13.7. The number of hydrogen-bond acceptors (Lipinski definition) is 6. The number of nitrogens with one attached hydrogen (secondary N) is 2. The van der Waals surface area contributed by atoms with Crippen molar-refractivity contribution in [2.75, 3.05) is 0 Å². The lowest BCUT2D eigenvalue weighted by atomic mass is 9.81. The monoisotopic (exact) mass is 520 g/mol. The molecular weight excluding hydrogens is 484 g/mol. The lowest BCUT2D eigenvalue weighted by molar-refractivity contribution is -0.148. The number of rotatable bonds is 13. The third-order valence-electron chi connectivity index (χ3n) is 6.32. The van der Waals surface area contributed by atoms with Gasteiger partial charge in [-0.2, -0.15) is 0 Å². The highest BCUT2D eigenvalue weighted by Gasteiger charge is 2.35. The Kier molecular flexibility index (Phi) is 11.0. The van der Waals surface area contributed by atoms with Crippen LogP contribution >= 0.6 is 0 Å². The number of aryl methyl sites for hydroxylation is 1. The van der Waals surface area contributed by atoms with Crippen molar-refractivity contribution < 1.29 is 19.6 Å². The molecule has 3 rings (SSSR count). The third-order valence-corrected chi connectivity index (χ3v) is 6.32. The Bertz CT molecular complexity index is 1140. The zero-order valence-corrected chi connectivity index (χ0v) is 21.9. The first-order valence-electron chi connectivity index (χ1n) is 12.8. The van der Waals surface area contributed by atoms with Gasteiger partial charge in [0, 0.05) is 6.20 Å². The summed E-state index contributed by atoms with van der Waals surface area (Å²) >= 11 is 0. The average Bonchev–Trinajstić information content (AvgIpc) is 3.43. The zero-order valence-electron chi connectivity index (χ0n) is 21.9. The Hall–Kier alpha value is -4.05. The molecule has 0 saturated carbocycles. The maximum Gasteiger partial charge on any atom is 0.263 e. The number of amides is 3. The number of carbonyl (C=O) groups excluding carboxylic acids is 3. The molecule has 2 atom stereocenters. The summed E-state index contributed by atoms with van der Waals surface area (Å²) < 4.78 is 1.38. The zero-order chi connectivity index (χ0) is 27.3. The highest BCUT2D eigenvalue weighted by molar-refractivity contribution is 5.88. The van der Waals surface area contributed by atoms with Crippen LogP contribution in [0.3, 0.4) is 0 Å². The van der Waals surface area contributed by atoms with E-state index in [1.165, 1.54) is 15.9 Å². The van der Waals surface area contributed by atoms with Crippen molar-refractivity contribution in [3.63, 3.8) is 0 Å². The van der Waals surface area contributed by atoms with Gasteiger partial charge in [0.1, 0.15) is 6.54 Å². The molecule has 0 aliphatic rings. The Morgan fingerprint density at radius 3 is 2.18 bits per heavy atom. The molecule has 3 N–H and O–H groups in total. The molecule has 0 saturated heterocycles. The largest absolute Gasteiger partial charge is 0.289 e. The summed E-state index contributed by atoms with van der Waals surface area (Å²) in [5, 5.41) is 18.3. The van der Waals surface area contributed by atoms with Gasteiger partial charge in [-0.05, 0) is 42.7 Å². The van der Waals surface area contributed by atoms with Crippen molar-refractivity contribution in [1.29, 1.82) is 0 Å². The molecule has 0 fully saturated rings. The van der Waals surface area contributed by atoms with Crippen LogP contribution in [0.5, 0.6) is 0 Å². The van der Waals surface area contributed by atoms with Gasteiger partial charge in [0.05, 0.1) is 24.6 Å². The van der Waals surface area contributed by atoms with Crippen LogP contribution in [0.2, 0.25) is 0 Å². The Morgan fingerprint density at radius 1 is 0.947 bits per heavy atom. The fourth-order valence-corrected chi connectivity index (χ4v) is 4.44. The van der Waals surface area contributed by atoms with Crippen LogP contribution in [0, 0.1) is 17.8 Å². The molecule has 0 aliphatic carbocycles. The lowest BCUT2D eigenvalue weighted by Gasteiger charge is -2.30. The smallest absolute Gasteiger partial charge is 0.263 e. The summed E-state index contributed by atoms with van der Waals surface area (Å²) in [4.78, 5) is 39.6. The van der Waals surface area contributed by atoms with Gasteiger partial charge in [0.2, 0.25) is 11.8 Å². The molecule has 1 aromatic heterocycles. The average molecular weight is 521 g/mol. The van der Waals surface area contributed by atoms with E-state index in [0.29, 0.717) is 19.3 Å². The third kappa shape index (κ3) is 8.81. The molecule has 0 spiro atoms. The maximum absolute atomic E-state index is 13.7. The van der Waals surface area contributed by atoms with Gasteiger partial charge in [0.15, 0.2) is 0 Å². The molecule has 202 valence electrons. The van der Waals surface area contributed by atoms with E-state index in [1.807, 2.05) is 74.5 Å². The predicted octanol–water partition coefficient (Wildman–Crippen LogP) is 3.14. The minimum atomic E-state index is -0.768. The van der Waals surface area contributed by atoms with Crippen LogP contribution in [-0.4, -0.2) is 42.9 Å². The first-order valence-corrected chi connectivity index (χ1v) is 12.8. The number of carbonyl (C=O) groups is 3. The molecule has 2 aromatic carbocycles. The highest BCUT2D eigenvalue weighted by atomic mass is 16.5. The number of hydrogen-bond donors (Lipinski definition) is 3. The van der Waals surface area contributed by atoms with Gasteiger partial charge in [-0.15, -0.1) is 5.10 Å². The van der Waals surface area contributed by atoms with Gasteiger partial charge in [-0.25, -0.2) is 15.2 Å². The van der Waals surface area contributed by atoms with Crippen LogP contribution in [0.15, 0.2) is 73.1 Å². The quantitative estimate of drug-likeness (QED) is 0.235. The van der Waals surface area contributed by atoms with E-state index in [9.17, 15) is 19.6 Å². The van der Waals surface area contributed by atoms with Gasteiger partial charge >= 0.3 is 0 Å². The molecular formula is C28H36N6O4. The normalized spacial score (nSPS) is 12.5. The second-order valence-electron chi connectivity index (χ2n) is 9.74. The number of nitrogens with zero attached hydrogens (tertiary/aromatic N) is 4. The molecule has 3 aromatic rings. The van der Waals surface area contributed by atoms with E-state index >= 15 is 0 Å². The molecule has 3 amide bonds. The summed E-state index contributed by atoms with van der Waals surface area (Å²) in [6, 6.07) is 19.2. The summed E-state index contributed by atoms with van der Waals surface area (Å²) in [5.41, 5.74) is 6.48. The molecule has 0 unspecified atom stereocenters. The number of hydroxylamine groups is 1. The second kappa shape index (κ2) is 14.6. The van der Waals surface area contributed by atoms with Crippen molar-refractivity contribution in [3.8, 4) is 0 Å². The van der Waals surface area contributed by atoms with E-state index < -0.39 is 23.7 Å². The fourth-order valence-electron chi connectivity index (χ4n) is 4.44. The summed E-state index contributed by atoms with van der Waals surface area (Å²) in [6.45, 7) is 3.96. The molecule has 38 heavy (non-hydrogen) atoms. The van der Waals surface area contributed by atoms with Crippen molar-refractivity contribution in [2.45, 2.75) is 52.6 Å². The molecule has 10 nitrogen and oxygen atoms in total. The number of benzene rings is 2. The van der Waals surface area contributed by atoms with Gasteiger partial charge < -0.3 is 0 Å². The van der Waals surface area contributed by atoms with Gasteiger partial charge in [0.25, 0.3) is 5.91 Å². The second-order valence-corrected chi connectivity index (χ2v) is 9.74. The van der Waals surface area contributed by atoms with Crippen molar-refractivity contribution >= 4 is 17.7 Å². The van der Waals surface area contributed by atoms with Crippen molar-refractivity contribution in [1.82, 2.24) is 30.9 Å². The first kappa shape index (κ1) is 28.5. The standard InChI is InChI=1S/C28H36N6O4/c1-21(2)18-25(24(28(37)31-38)15-9-14-22-10-5-3-6-11-22)27(36)30-34(19-23-12-7-4-8-13-23)26(35)20-33-17-16-29-32-33/h3-8,10-13,16-17,21,24-25,38H,9,14-15,18-20H2,1-2H3,(H,30,36)(H,31,37)/t24-,25+/m0/s1. The first-order chi connectivity index (χ1) is 18.4. The molecule has 0 radical (unpaired) electrons. The lowest BCUT2D eigenvalue weighted by Crippen LogP contribution is -2.51. The van der Waals surface area contributed by atoms with Crippen LogP contribution in [0.4, 0.5) is 0 Å². The minimum Gasteiger partial charge on any atom is -0.289 e. The van der Waals surface area contributed by atoms with E-state index in [-0.39, 0.29) is 24.9 Å².